The predicted octanol–water partition coefficient (Wildman–Crippen LogP) is 8.65. The molecule has 7 aromatic rings. The number of nitrogens with two attached hydrogens (primary N) is 1. The minimum absolute atomic E-state index is 0.124. The van der Waals surface area contributed by atoms with Gasteiger partial charge in [0.1, 0.15) is 35.8 Å². The lowest BCUT2D eigenvalue weighted by Crippen LogP contribution is -2.19. The highest BCUT2D eigenvalue weighted by atomic mass is 32.2. The van der Waals surface area contributed by atoms with E-state index in [0.29, 0.717) is 52.0 Å². The van der Waals surface area contributed by atoms with Crippen LogP contribution in [0.4, 0.5) is 44.9 Å². The second-order valence-corrected chi connectivity index (χ2v) is 13.7. The van der Waals surface area contributed by atoms with Gasteiger partial charge in [0, 0.05) is 46.8 Å². The Morgan fingerprint density at radius 1 is 0.545 bits per heavy atom. The lowest BCUT2D eigenvalue weighted by atomic mass is 10.3. The highest BCUT2D eigenvalue weighted by Crippen LogP contribution is 2.25. The average Bonchev–Trinajstić information content (AvgIpc) is 3.18. The van der Waals surface area contributed by atoms with Crippen molar-refractivity contribution in [2.75, 3.05) is 33.3 Å². The first kappa shape index (κ1) is 37.2. The molecule has 0 spiro atoms. The number of urea groups is 1. The number of benzene rings is 5. The number of hydrogen-bond donors (Lipinski definition) is 5. The number of hydrogen-bond acceptors (Lipinski definition) is 12. The van der Waals surface area contributed by atoms with Crippen LogP contribution in [0.3, 0.4) is 0 Å². The smallest absolute Gasteiger partial charge is 0.323 e. The maximum atomic E-state index is 12.3. The number of nitrogen functional groups attached to an aromatic ring is 1. The molecule has 15 heteroatoms. The molecule has 0 saturated heterocycles. The zero-order valence-electron chi connectivity index (χ0n) is 29.3. The van der Waals surface area contributed by atoms with Crippen molar-refractivity contribution < 1.29 is 22.7 Å². The number of sulfone groups is 1. The van der Waals surface area contributed by atoms with Gasteiger partial charge >= 0.3 is 6.03 Å². The molecule has 2 heterocycles. The number of nitrogens with one attached hydrogen (secondary N) is 4. The van der Waals surface area contributed by atoms with Crippen LogP contribution in [0.5, 0.6) is 23.3 Å². The highest BCUT2D eigenvalue weighted by molar-refractivity contribution is 7.90. The van der Waals surface area contributed by atoms with Crippen LogP contribution < -0.4 is 36.5 Å². The molecule has 7 rings (SSSR count). The maximum Gasteiger partial charge on any atom is 0.323 e. The van der Waals surface area contributed by atoms with E-state index in [0.717, 1.165) is 17.6 Å². The van der Waals surface area contributed by atoms with E-state index in [1.165, 1.54) is 24.8 Å². The molecule has 0 unspecified atom stereocenters. The SMILES string of the molecule is CS(=O)(=O)c1cccc(NC(=O)Nc2ccc(Oc3cc(Nc4ccccc4)ncn3)cc2)c1.Nc1ccc(Oc2cc(Nc3ccccc3)ncn2)cc1. The van der Waals surface area contributed by atoms with Gasteiger partial charge in [-0.05, 0) is 91.0 Å². The highest BCUT2D eigenvalue weighted by Gasteiger charge is 2.10. The average molecular weight is 754 g/mol. The molecule has 0 radical (unpaired) electrons. The largest absolute Gasteiger partial charge is 0.439 e. The third-order valence-electron chi connectivity index (χ3n) is 7.33. The fraction of sp³-hybridized carbons (Fsp3) is 0.0250. The third-order valence-corrected chi connectivity index (χ3v) is 8.44. The van der Waals surface area contributed by atoms with Crippen LogP contribution >= 0.6 is 0 Å². The summed E-state index contributed by atoms with van der Waals surface area (Å²) in [5.41, 5.74) is 9.07. The molecule has 276 valence electrons. The molecule has 55 heavy (non-hydrogen) atoms. The van der Waals surface area contributed by atoms with Gasteiger partial charge in [0.25, 0.3) is 0 Å². The van der Waals surface area contributed by atoms with Crippen molar-refractivity contribution in [2.45, 2.75) is 4.90 Å². The van der Waals surface area contributed by atoms with Crippen LogP contribution in [-0.4, -0.2) is 40.6 Å². The van der Waals surface area contributed by atoms with Gasteiger partial charge in [0.15, 0.2) is 9.84 Å². The van der Waals surface area contributed by atoms with Crippen molar-refractivity contribution in [1.82, 2.24) is 19.9 Å². The molecule has 0 aliphatic rings. The van der Waals surface area contributed by atoms with Crippen LogP contribution in [0.25, 0.3) is 0 Å². The summed E-state index contributed by atoms with van der Waals surface area (Å²) in [6.07, 6.45) is 3.97. The second-order valence-electron chi connectivity index (χ2n) is 11.6. The number of para-hydroxylation sites is 2. The minimum atomic E-state index is -3.37. The van der Waals surface area contributed by atoms with Crippen molar-refractivity contribution >= 4 is 55.9 Å². The number of rotatable bonds is 11. The van der Waals surface area contributed by atoms with E-state index in [2.05, 4.69) is 41.2 Å². The Hall–Kier alpha value is -7.52. The van der Waals surface area contributed by atoms with Gasteiger partial charge in [-0.3, -0.25) is 0 Å². The third kappa shape index (κ3) is 11.7. The van der Waals surface area contributed by atoms with Crippen LogP contribution in [0.1, 0.15) is 0 Å². The lowest BCUT2D eigenvalue weighted by Gasteiger charge is -2.10. The summed E-state index contributed by atoms with van der Waals surface area (Å²) in [5, 5.41) is 11.7. The van der Waals surface area contributed by atoms with E-state index in [1.807, 2.05) is 60.7 Å². The predicted molar refractivity (Wildman–Crippen MR) is 213 cm³/mol. The Bertz CT molecular complexity index is 2440. The Balaban J connectivity index is 0.000000209. The normalized spacial score (nSPS) is 10.6. The van der Waals surface area contributed by atoms with Crippen molar-refractivity contribution in [3.05, 3.63) is 158 Å². The molecule has 0 saturated carbocycles. The molecule has 14 nitrogen and oxygen atoms in total. The van der Waals surface area contributed by atoms with Crippen LogP contribution in [0, 0.1) is 0 Å². The van der Waals surface area contributed by atoms with E-state index >= 15 is 0 Å². The van der Waals surface area contributed by atoms with Gasteiger partial charge in [-0.15, -0.1) is 0 Å². The van der Waals surface area contributed by atoms with Gasteiger partial charge in [0.05, 0.1) is 4.90 Å². The summed E-state index contributed by atoms with van der Waals surface area (Å²) in [4.78, 5) is 29.0. The number of aromatic nitrogens is 4. The van der Waals surface area contributed by atoms with E-state index in [4.69, 9.17) is 15.2 Å². The Morgan fingerprint density at radius 2 is 1.02 bits per heavy atom. The van der Waals surface area contributed by atoms with Crippen molar-refractivity contribution in [3.63, 3.8) is 0 Å². The summed E-state index contributed by atoms with van der Waals surface area (Å²) in [6.45, 7) is 0. The standard InChI is InChI=1S/C24H21N5O4S.C16H14N4O/c1-34(31,32)21-9-5-8-19(14-21)29-24(30)28-18-10-12-20(13-11-18)33-23-15-22(25-16-26-23)27-17-6-3-2-4-7-17;17-12-6-8-14(9-7-12)21-16-10-15(18-11-19-16)20-13-4-2-1-3-5-13/h2-16H,1H3,(H,25,26,27)(H2,28,29,30);1-11H,17H2,(H,18,19,20). The first-order valence-electron chi connectivity index (χ1n) is 16.6. The first-order chi connectivity index (χ1) is 26.6. The quantitative estimate of drug-likeness (QED) is 0.0790. The van der Waals surface area contributed by atoms with Crippen LogP contribution in [0.15, 0.2) is 163 Å². The summed E-state index contributed by atoms with van der Waals surface area (Å²) >= 11 is 0. The summed E-state index contributed by atoms with van der Waals surface area (Å²) < 4.78 is 34.8. The second kappa shape index (κ2) is 17.8. The van der Waals surface area contributed by atoms with E-state index in [1.54, 1.807) is 72.8 Å². The molecular formula is C40H35N9O5S. The summed E-state index contributed by atoms with van der Waals surface area (Å²) in [5.74, 6) is 3.28. The van der Waals surface area contributed by atoms with E-state index < -0.39 is 15.9 Å². The molecule has 0 fully saturated rings. The van der Waals surface area contributed by atoms with Gasteiger partial charge in [-0.25, -0.2) is 33.1 Å². The molecule has 0 aliphatic heterocycles. The Labute approximate surface area is 317 Å². The first-order valence-corrected chi connectivity index (χ1v) is 18.5. The molecule has 0 bridgehead atoms. The molecule has 0 atom stereocenters. The summed E-state index contributed by atoms with van der Waals surface area (Å²) in [7, 11) is -3.37. The van der Waals surface area contributed by atoms with Gasteiger partial charge < -0.3 is 36.5 Å². The molecule has 6 N–H and O–H groups in total. The van der Waals surface area contributed by atoms with E-state index in [9.17, 15) is 13.2 Å². The number of ether oxygens (including phenoxy) is 2. The zero-order valence-corrected chi connectivity index (χ0v) is 30.1. The fourth-order valence-corrected chi connectivity index (χ4v) is 5.41. The molecular weight excluding hydrogens is 719 g/mol. The molecule has 0 aliphatic carbocycles. The number of carbonyl (C=O) groups excluding carboxylic acids is 1. The molecule has 2 amide bonds. The molecule has 5 aromatic carbocycles. The fourth-order valence-electron chi connectivity index (χ4n) is 4.75. The van der Waals surface area contributed by atoms with Crippen LogP contribution in [0.2, 0.25) is 0 Å². The zero-order chi connectivity index (χ0) is 38.5. The van der Waals surface area contributed by atoms with Crippen LogP contribution in [-0.2, 0) is 9.84 Å². The number of anilines is 7. The number of carbonyl (C=O) groups is 1. The van der Waals surface area contributed by atoms with Crippen molar-refractivity contribution in [2.24, 2.45) is 0 Å². The van der Waals surface area contributed by atoms with Gasteiger partial charge in [-0.1, -0.05) is 42.5 Å². The minimum Gasteiger partial charge on any atom is -0.439 e. The Morgan fingerprint density at radius 3 is 1.53 bits per heavy atom. The number of amides is 2. The van der Waals surface area contributed by atoms with E-state index in [-0.39, 0.29) is 4.90 Å². The number of nitrogens with zero attached hydrogens (tertiary/aromatic N) is 4. The monoisotopic (exact) mass is 753 g/mol. The van der Waals surface area contributed by atoms with Gasteiger partial charge in [-0.2, -0.15) is 0 Å². The van der Waals surface area contributed by atoms with Gasteiger partial charge in [0.2, 0.25) is 11.8 Å². The van der Waals surface area contributed by atoms with Crippen molar-refractivity contribution in [1.29, 1.82) is 0 Å². The lowest BCUT2D eigenvalue weighted by molar-refractivity contribution is 0.262. The molecule has 2 aromatic heterocycles. The topological polar surface area (TPSA) is 195 Å². The van der Waals surface area contributed by atoms with Crippen molar-refractivity contribution in [3.8, 4) is 23.3 Å². The maximum absolute atomic E-state index is 12.3. The Kier molecular flexibility index (Phi) is 12.1. The summed E-state index contributed by atoms with van der Waals surface area (Å²) in [6, 6.07) is 42.2.